The number of aliphatic hydroxyl groups is 2. The van der Waals surface area contributed by atoms with Crippen LogP contribution in [0.2, 0.25) is 0 Å². The Hall–Kier alpha value is -4.76. The normalized spacial score (nSPS) is 26.6. The Morgan fingerprint density at radius 2 is 1.86 bits per heavy atom. The van der Waals surface area contributed by atoms with E-state index in [1.54, 1.807) is 37.4 Å². The molecule has 314 valence electrons. The summed E-state index contributed by atoms with van der Waals surface area (Å²) in [5, 5.41) is 36.1. The summed E-state index contributed by atoms with van der Waals surface area (Å²) in [5.74, 6) is -0.920. The number of aliphatic hydroxyl groups excluding tert-OH is 2. The van der Waals surface area contributed by atoms with Gasteiger partial charge in [0.05, 0.1) is 42.4 Å². The van der Waals surface area contributed by atoms with E-state index < -0.39 is 35.1 Å². The molecule has 0 aromatic heterocycles. The first-order valence-electron chi connectivity index (χ1n) is 20.5. The van der Waals surface area contributed by atoms with Crippen LogP contribution in [-0.2, 0) is 19.0 Å². The fourth-order valence-electron chi connectivity index (χ4n) is 8.96. The van der Waals surface area contributed by atoms with Crippen LogP contribution in [0.15, 0.2) is 84.6 Å². The molecule has 58 heavy (non-hydrogen) atoms. The van der Waals surface area contributed by atoms with Crippen LogP contribution >= 0.6 is 0 Å². The molecule has 4 aliphatic rings. The molecule has 1 saturated heterocycles. The van der Waals surface area contributed by atoms with Gasteiger partial charge in [-0.15, -0.1) is 13.2 Å². The number of carbonyl (C=O) groups excluding carboxylic acids is 1. The van der Waals surface area contributed by atoms with Crippen molar-refractivity contribution in [3.8, 4) is 17.2 Å². The van der Waals surface area contributed by atoms with Crippen molar-refractivity contribution in [1.82, 2.24) is 4.90 Å². The van der Waals surface area contributed by atoms with E-state index in [-0.39, 0.29) is 56.3 Å². The van der Waals surface area contributed by atoms with Crippen molar-refractivity contribution < 1.29 is 48.5 Å². The minimum atomic E-state index is -1.45. The first kappa shape index (κ1) is 42.8. The van der Waals surface area contributed by atoms with Crippen LogP contribution in [0.1, 0.15) is 82.1 Å². The average Bonchev–Trinajstić information content (AvgIpc) is 3.23. The second-order valence-electron chi connectivity index (χ2n) is 15.3. The number of benzene rings is 2. The third-order valence-electron chi connectivity index (χ3n) is 11.6. The van der Waals surface area contributed by atoms with Crippen molar-refractivity contribution in [1.29, 1.82) is 0 Å². The Morgan fingerprint density at radius 3 is 2.59 bits per heavy atom. The highest BCUT2D eigenvalue weighted by Crippen LogP contribution is 2.62. The molecule has 0 radical (unpaired) electrons. The van der Waals surface area contributed by atoms with Gasteiger partial charge in [0.15, 0.2) is 0 Å². The van der Waals surface area contributed by atoms with Crippen LogP contribution in [0.25, 0.3) is 0 Å². The van der Waals surface area contributed by atoms with Gasteiger partial charge in [0.2, 0.25) is 12.1 Å². The van der Waals surface area contributed by atoms with E-state index in [2.05, 4.69) is 19.2 Å². The van der Waals surface area contributed by atoms with Crippen molar-refractivity contribution >= 4 is 17.5 Å². The first-order valence-corrected chi connectivity index (χ1v) is 20.5. The number of oxime groups is 1. The van der Waals surface area contributed by atoms with Crippen molar-refractivity contribution in [3.05, 3.63) is 95.1 Å². The molecule has 14 nitrogen and oxygen atoms in total. The molecule has 7 atom stereocenters. The number of likely N-dealkylation sites (N-methyl/N-ethyl adjacent to an activating group) is 1. The summed E-state index contributed by atoms with van der Waals surface area (Å²) in [4.78, 5) is 32.7. The molecule has 2 aliphatic heterocycles. The number of nitro groups is 1. The quantitative estimate of drug-likeness (QED) is 0.0572. The molecule has 2 fully saturated rings. The van der Waals surface area contributed by atoms with Gasteiger partial charge in [-0.25, -0.2) is 4.79 Å². The number of nitrogens with zero attached hydrogens (tertiary/aromatic N) is 3. The van der Waals surface area contributed by atoms with Gasteiger partial charge >= 0.3 is 6.09 Å². The molecule has 1 saturated carbocycles. The maximum atomic E-state index is 13.9. The summed E-state index contributed by atoms with van der Waals surface area (Å²) in [6.07, 6.45) is 12.2. The summed E-state index contributed by atoms with van der Waals surface area (Å²) in [7, 11) is 1.68. The smallest absolute Gasteiger partial charge is 0.409 e. The van der Waals surface area contributed by atoms with E-state index in [0.717, 1.165) is 49.7 Å². The van der Waals surface area contributed by atoms with Gasteiger partial charge < -0.3 is 43.6 Å². The van der Waals surface area contributed by atoms with Gasteiger partial charge in [-0.2, -0.15) is 0 Å². The Morgan fingerprint density at radius 1 is 1.07 bits per heavy atom. The summed E-state index contributed by atoms with van der Waals surface area (Å²) in [6.45, 7) is 8.70. The number of amides is 1. The molecule has 0 spiro atoms. The lowest BCUT2D eigenvalue weighted by Crippen LogP contribution is -2.69. The Balaban J connectivity index is 1.54. The Labute approximate surface area is 340 Å². The number of fused-ring (bicyclic) bond motifs is 2. The Kier molecular flexibility index (Phi) is 15.0. The zero-order chi connectivity index (χ0) is 41.1. The average molecular weight is 804 g/mol. The van der Waals surface area contributed by atoms with Gasteiger partial charge in [-0.3, -0.25) is 10.1 Å². The van der Waals surface area contributed by atoms with Gasteiger partial charge in [0, 0.05) is 50.7 Å². The number of ether oxygens (including phenoxy) is 5. The maximum absolute atomic E-state index is 13.9. The standard InChI is InChI=1S/C44H57N3O11/c1-4-6-24-54-43(50)46(3)39-29-37(45-58-40-18-9-12-25-53-40)35-26-30(14-7-10-21-48)34(17-8-11-22-49)41-36-28-33(56-32-16-13-15-31(27-32)47(51)52)19-20-38(36)57-44(39,42(35)41)55-23-5-2/h4-5,13,15-16,19-20,26-28,30,34,39-42,48-49H,1-2,6-12,14,17-18,21-25,29H2,3H3/t30-,34+,39-,40?,41+,42+,44+/m0/s1. The van der Waals surface area contributed by atoms with E-state index in [9.17, 15) is 25.1 Å². The van der Waals surface area contributed by atoms with Crippen molar-refractivity contribution in [2.75, 3.05) is 40.1 Å². The first-order chi connectivity index (χ1) is 28.2. The highest BCUT2D eigenvalue weighted by molar-refractivity contribution is 6.03. The zero-order valence-corrected chi connectivity index (χ0v) is 33.4. The number of nitro benzene ring substituents is 1. The SMILES string of the molecule is C=CCCOC(=O)N(C)[C@H]1CC(=NOC2CCCCO2)C2=C[C@H](CCCCO)[C@@H](CCCCO)[C@@H]3c4cc(Oc5cccc([N+](=O)[O-])c5)ccc4O[C@@]1(OCC=C)[C@H]23. The summed E-state index contributed by atoms with van der Waals surface area (Å²) in [6, 6.07) is 10.8. The van der Waals surface area contributed by atoms with E-state index in [1.807, 2.05) is 12.1 Å². The van der Waals surface area contributed by atoms with Crippen molar-refractivity contribution in [2.24, 2.45) is 22.9 Å². The van der Waals surface area contributed by atoms with Crippen LogP contribution in [-0.4, -0.2) is 90.0 Å². The summed E-state index contributed by atoms with van der Waals surface area (Å²) < 4.78 is 32.0. The van der Waals surface area contributed by atoms with Crippen LogP contribution in [0.3, 0.4) is 0 Å². The maximum Gasteiger partial charge on any atom is 0.409 e. The van der Waals surface area contributed by atoms with E-state index in [1.165, 1.54) is 17.0 Å². The minimum absolute atomic E-state index is 0.00569. The predicted molar refractivity (Wildman–Crippen MR) is 217 cm³/mol. The molecule has 6 rings (SSSR count). The van der Waals surface area contributed by atoms with Crippen LogP contribution in [0.4, 0.5) is 10.5 Å². The molecule has 0 bridgehead atoms. The fourth-order valence-corrected chi connectivity index (χ4v) is 8.96. The number of carbonyl (C=O) groups is 1. The van der Waals surface area contributed by atoms with Crippen molar-refractivity contribution in [3.63, 3.8) is 0 Å². The Bertz CT molecular complexity index is 1810. The zero-order valence-electron chi connectivity index (χ0n) is 33.4. The molecule has 2 aromatic rings. The van der Waals surface area contributed by atoms with Gasteiger partial charge in [-0.1, -0.05) is 42.3 Å². The largest absolute Gasteiger partial charge is 0.459 e. The lowest BCUT2D eigenvalue weighted by atomic mass is 9.55. The molecule has 1 amide bonds. The molecule has 14 heteroatoms. The van der Waals surface area contributed by atoms with E-state index >= 15 is 0 Å². The monoisotopic (exact) mass is 803 g/mol. The van der Waals surface area contributed by atoms with E-state index in [4.69, 9.17) is 33.7 Å². The second kappa shape index (κ2) is 20.3. The number of hydrogen-bond donors (Lipinski definition) is 2. The molecule has 2 aromatic carbocycles. The lowest BCUT2D eigenvalue weighted by Gasteiger charge is -2.59. The molecule has 2 N–H and O–H groups in total. The van der Waals surface area contributed by atoms with Crippen LogP contribution in [0.5, 0.6) is 17.2 Å². The van der Waals surface area contributed by atoms with Crippen LogP contribution < -0.4 is 9.47 Å². The number of unbranched alkanes of at least 4 members (excludes halogenated alkanes) is 2. The van der Waals surface area contributed by atoms with Crippen LogP contribution in [0, 0.1) is 27.9 Å². The summed E-state index contributed by atoms with van der Waals surface area (Å²) >= 11 is 0. The highest BCUT2D eigenvalue weighted by atomic mass is 16.8. The highest BCUT2D eigenvalue weighted by Gasteiger charge is 2.65. The lowest BCUT2D eigenvalue weighted by molar-refractivity contribution is -0.384. The predicted octanol–water partition coefficient (Wildman–Crippen LogP) is 8.19. The van der Waals surface area contributed by atoms with E-state index in [0.29, 0.717) is 55.3 Å². The molecule has 1 unspecified atom stereocenters. The second-order valence-corrected chi connectivity index (χ2v) is 15.3. The fraction of sp³-hybridized carbons (Fsp3) is 0.545. The molecule has 2 aliphatic carbocycles. The van der Waals surface area contributed by atoms with Gasteiger partial charge in [-0.05, 0) is 86.6 Å². The van der Waals surface area contributed by atoms with Gasteiger partial charge in [0.25, 0.3) is 5.69 Å². The number of allylic oxidation sites excluding steroid dienone is 1. The third kappa shape index (κ3) is 9.57. The molecular formula is C44H57N3O11. The topological polar surface area (TPSA) is 172 Å². The molecule has 2 heterocycles. The van der Waals surface area contributed by atoms with Crippen molar-refractivity contribution in [2.45, 2.75) is 94.7 Å². The summed E-state index contributed by atoms with van der Waals surface area (Å²) in [5.41, 5.74) is 2.30. The number of non-ortho nitro benzene ring substituents is 1. The number of rotatable bonds is 20. The molecular weight excluding hydrogens is 746 g/mol. The van der Waals surface area contributed by atoms with Gasteiger partial charge in [0.1, 0.15) is 23.3 Å². The number of hydrogen-bond acceptors (Lipinski definition) is 12. The minimum Gasteiger partial charge on any atom is -0.459 e. The third-order valence-corrected chi connectivity index (χ3v) is 11.6.